The third-order valence-electron chi connectivity index (χ3n) is 6.02. The maximum absolute atomic E-state index is 13.3. The lowest BCUT2D eigenvalue weighted by Gasteiger charge is -2.24. The van der Waals surface area contributed by atoms with Crippen molar-refractivity contribution in [3.63, 3.8) is 0 Å². The average molecular weight is 525 g/mol. The predicted octanol–water partition coefficient (Wildman–Crippen LogP) is 5.82. The number of halogens is 1. The molecule has 1 fully saturated rings. The highest BCUT2D eigenvalue weighted by molar-refractivity contribution is 7.17. The highest BCUT2D eigenvalue weighted by Crippen LogP contribution is 2.44. The topological polar surface area (TPSA) is 96.8 Å². The van der Waals surface area contributed by atoms with Gasteiger partial charge < -0.3 is 9.84 Å². The lowest BCUT2D eigenvalue weighted by Crippen LogP contribution is -2.29. The summed E-state index contributed by atoms with van der Waals surface area (Å²) >= 11 is 6.95. The molecule has 0 unspecified atom stereocenters. The molecule has 0 bridgehead atoms. The number of amides is 1. The number of Topliss-reactive ketones (excluding diaryl/α,β-unsaturated/α-hetero) is 1. The maximum Gasteiger partial charge on any atom is 0.350 e. The first kappa shape index (κ1) is 25.6. The zero-order valence-corrected chi connectivity index (χ0v) is 22.0. The summed E-state index contributed by atoms with van der Waals surface area (Å²) in [5, 5.41) is 11.8. The number of hydrogen-bond donors (Lipinski definition) is 1. The Kier molecular flexibility index (Phi) is 6.77. The molecule has 7 nitrogen and oxygen atoms in total. The van der Waals surface area contributed by atoms with Crippen LogP contribution in [0.4, 0.5) is 5.13 Å². The van der Waals surface area contributed by atoms with Crippen molar-refractivity contribution < 1.29 is 24.2 Å². The molecular formula is C27H25ClN2O5S. The fourth-order valence-electron chi connectivity index (χ4n) is 4.04. The van der Waals surface area contributed by atoms with Gasteiger partial charge in [0.2, 0.25) is 0 Å². The van der Waals surface area contributed by atoms with E-state index in [4.69, 9.17) is 16.3 Å². The van der Waals surface area contributed by atoms with E-state index in [1.54, 1.807) is 31.2 Å². The second-order valence-corrected chi connectivity index (χ2v) is 10.9. The number of rotatable bonds is 4. The van der Waals surface area contributed by atoms with Crippen molar-refractivity contribution in [2.45, 2.75) is 39.2 Å². The van der Waals surface area contributed by atoms with Crippen LogP contribution in [0.5, 0.6) is 0 Å². The van der Waals surface area contributed by atoms with Gasteiger partial charge in [-0.3, -0.25) is 14.5 Å². The van der Waals surface area contributed by atoms with Crippen molar-refractivity contribution in [2.75, 3.05) is 12.0 Å². The summed E-state index contributed by atoms with van der Waals surface area (Å²) in [6.07, 6.45) is 0. The van der Waals surface area contributed by atoms with E-state index in [9.17, 15) is 19.5 Å². The van der Waals surface area contributed by atoms with Crippen LogP contribution in [-0.4, -0.2) is 34.9 Å². The van der Waals surface area contributed by atoms with E-state index in [0.717, 1.165) is 16.9 Å². The van der Waals surface area contributed by atoms with Crippen LogP contribution in [-0.2, 0) is 19.7 Å². The minimum atomic E-state index is -0.953. The first-order chi connectivity index (χ1) is 16.9. The number of aryl methyl sites for hydroxylation is 1. The maximum atomic E-state index is 13.3. The SMILES string of the molecule is COC(=O)c1sc(N2C(=O)C(=O)C(=C(O)c3ccc(Cl)cc3)[C@@H]2c2ccc(C(C)(C)C)cc2)nc1C. The molecule has 3 aromatic rings. The molecule has 1 aliphatic rings. The number of methoxy groups -OCH3 is 1. The summed E-state index contributed by atoms with van der Waals surface area (Å²) < 4.78 is 4.83. The van der Waals surface area contributed by atoms with Crippen molar-refractivity contribution in [2.24, 2.45) is 0 Å². The number of ether oxygens (including phenoxy) is 1. The normalized spacial score (nSPS) is 17.5. The van der Waals surface area contributed by atoms with Gasteiger partial charge in [-0.15, -0.1) is 0 Å². The Morgan fingerprint density at radius 1 is 1.08 bits per heavy atom. The molecule has 0 aliphatic carbocycles. The molecule has 0 spiro atoms. The van der Waals surface area contributed by atoms with Gasteiger partial charge in [0.25, 0.3) is 5.78 Å². The fraction of sp³-hybridized carbons (Fsp3) is 0.259. The number of thiazole rings is 1. The second kappa shape index (κ2) is 9.52. The van der Waals surface area contributed by atoms with Gasteiger partial charge in [-0.1, -0.05) is 68.0 Å². The van der Waals surface area contributed by atoms with Gasteiger partial charge in [0.15, 0.2) is 5.13 Å². The van der Waals surface area contributed by atoms with Gasteiger partial charge in [-0.25, -0.2) is 9.78 Å². The Labute approximate surface area is 218 Å². The number of ketones is 1. The number of carbonyl (C=O) groups is 3. The number of carbonyl (C=O) groups excluding carboxylic acids is 3. The Bertz CT molecular complexity index is 1390. The van der Waals surface area contributed by atoms with E-state index in [1.807, 2.05) is 24.3 Å². The summed E-state index contributed by atoms with van der Waals surface area (Å²) in [7, 11) is 1.26. The van der Waals surface area contributed by atoms with Gasteiger partial charge in [0, 0.05) is 10.6 Å². The third kappa shape index (κ3) is 4.54. The third-order valence-corrected chi connectivity index (χ3v) is 7.41. The molecule has 1 amide bonds. The largest absolute Gasteiger partial charge is 0.507 e. The van der Waals surface area contributed by atoms with Crippen molar-refractivity contribution in [1.82, 2.24) is 4.98 Å². The van der Waals surface area contributed by atoms with Gasteiger partial charge in [0.05, 0.1) is 24.4 Å². The van der Waals surface area contributed by atoms with Crippen molar-refractivity contribution in [3.05, 3.63) is 86.4 Å². The Balaban J connectivity index is 1.93. The lowest BCUT2D eigenvalue weighted by atomic mass is 9.85. The monoisotopic (exact) mass is 524 g/mol. The van der Waals surface area contributed by atoms with Crippen molar-refractivity contribution in [3.8, 4) is 0 Å². The van der Waals surface area contributed by atoms with Gasteiger partial charge in [-0.2, -0.15) is 0 Å². The van der Waals surface area contributed by atoms with E-state index in [1.165, 1.54) is 12.0 Å². The highest BCUT2D eigenvalue weighted by atomic mass is 35.5. The predicted molar refractivity (Wildman–Crippen MR) is 140 cm³/mol. The van der Waals surface area contributed by atoms with E-state index < -0.39 is 23.7 Å². The number of aromatic nitrogens is 1. The molecule has 9 heteroatoms. The van der Waals surface area contributed by atoms with E-state index in [-0.39, 0.29) is 26.8 Å². The highest BCUT2D eigenvalue weighted by Gasteiger charge is 2.48. The summed E-state index contributed by atoms with van der Waals surface area (Å²) in [5.41, 5.74) is 2.23. The Hall–Kier alpha value is -3.49. The summed E-state index contributed by atoms with van der Waals surface area (Å²) in [6, 6.07) is 12.9. The number of aliphatic hydroxyl groups excluding tert-OH is 1. The van der Waals surface area contributed by atoms with Crippen LogP contribution in [0.25, 0.3) is 5.76 Å². The van der Waals surface area contributed by atoms with Crippen LogP contribution in [0, 0.1) is 6.92 Å². The zero-order chi connectivity index (χ0) is 26.4. The second-order valence-electron chi connectivity index (χ2n) is 9.45. The zero-order valence-electron chi connectivity index (χ0n) is 20.5. The van der Waals surface area contributed by atoms with Crippen molar-refractivity contribution in [1.29, 1.82) is 0 Å². The molecule has 2 aromatic carbocycles. The molecule has 1 aliphatic heterocycles. The van der Waals surface area contributed by atoms with Crippen LogP contribution < -0.4 is 4.90 Å². The van der Waals surface area contributed by atoms with Gasteiger partial charge in [0.1, 0.15) is 10.6 Å². The summed E-state index contributed by atoms with van der Waals surface area (Å²) in [5.74, 6) is -2.60. The van der Waals surface area contributed by atoms with E-state index in [0.29, 0.717) is 21.8 Å². The molecule has 2 heterocycles. The number of hydrogen-bond acceptors (Lipinski definition) is 7. The standard InChI is InChI=1S/C27H25ClN2O5S/c1-14-23(25(34)35-5)36-26(29-14)30-20(15-6-10-17(11-7-15)27(2,3)4)19(22(32)24(30)33)21(31)16-8-12-18(28)13-9-16/h6-13,20,31H,1-5H3/t20-/m0/s1. The lowest BCUT2D eigenvalue weighted by molar-refractivity contribution is -0.132. The molecule has 0 radical (unpaired) electrons. The molecule has 36 heavy (non-hydrogen) atoms. The molecule has 4 rings (SSSR count). The van der Waals surface area contributed by atoms with E-state index in [2.05, 4.69) is 25.8 Å². The molecule has 0 saturated carbocycles. The number of nitrogens with zero attached hydrogens (tertiary/aromatic N) is 2. The van der Waals surface area contributed by atoms with Crippen LogP contribution in [0.2, 0.25) is 5.02 Å². The quantitative estimate of drug-likeness (QED) is 0.200. The van der Waals surface area contributed by atoms with Crippen LogP contribution in [0.1, 0.15) is 58.9 Å². The number of aliphatic hydroxyl groups is 1. The average Bonchev–Trinajstić information content (AvgIpc) is 3.35. The molecule has 1 aromatic heterocycles. The molecule has 186 valence electrons. The minimum Gasteiger partial charge on any atom is -0.507 e. The number of esters is 1. The molecule has 1 atom stereocenters. The van der Waals surface area contributed by atoms with Crippen molar-refractivity contribution >= 4 is 51.5 Å². The van der Waals surface area contributed by atoms with Crippen LogP contribution in [0.15, 0.2) is 54.1 Å². The number of anilines is 1. The minimum absolute atomic E-state index is 0.0710. The van der Waals surface area contributed by atoms with Crippen LogP contribution >= 0.6 is 22.9 Å². The smallest absolute Gasteiger partial charge is 0.350 e. The first-order valence-corrected chi connectivity index (χ1v) is 12.4. The molecular weight excluding hydrogens is 500 g/mol. The van der Waals surface area contributed by atoms with Gasteiger partial charge >= 0.3 is 11.9 Å². The number of benzene rings is 2. The Morgan fingerprint density at radius 2 is 1.69 bits per heavy atom. The molecule has 1 saturated heterocycles. The van der Waals surface area contributed by atoms with Gasteiger partial charge in [-0.05, 0) is 47.7 Å². The summed E-state index contributed by atoms with van der Waals surface area (Å²) in [6.45, 7) is 7.88. The van der Waals surface area contributed by atoms with E-state index >= 15 is 0 Å². The fourth-order valence-corrected chi connectivity index (χ4v) is 5.18. The Morgan fingerprint density at radius 3 is 2.25 bits per heavy atom. The molecule has 1 N–H and O–H groups in total. The first-order valence-electron chi connectivity index (χ1n) is 11.2. The van der Waals surface area contributed by atoms with Crippen LogP contribution in [0.3, 0.4) is 0 Å². The summed E-state index contributed by atoms with van der Waals surface area (Å²) in [4.78, 5) is 44.7.